The number of methoxy groups -OCH3 is 1. The van der Waals surface area contributed by atoms with Crippen LogP contribution in [0, 0.1) is 0 Å². The molecule has 1 saturated heterocycles. The largest absolute Gasteiger partial charge is 0.498 e. The fraction of sp³-hybridized carbons (Fsp3) is 0.615. The molecule has 1 aromatic rings. The molecule has 0 radical (unpaired) electrons. The van der Waals surface area contributed by atoms with Crippen LogP contribution in [0.25, 0.3) is 0 Å². The maximum absolute atomic E-state index is 14.3. The summed E-state index contributed by atoms with van der Waals surface area (Å²) < 4.78 is 44.8. The first-order valence-corrected chi connectivity index (χ1v) is 11.5. The number of aryl methyl sites for hydroxylation is 1. The molecule has 1 fully saturated rings. The van der Waals surface area contributed by atoms with Gasteiger partial charge in [-0.05, 0) is 49.3 Å². The number of hydrogen-bond acceptors (Lipinski definition) is 3. The second-order valence-corrected chi connectivity index (χ2v) is 7.88. The molecule has 0 bridgehead atoms. The molecule has 31 heavy (non-hydrogen) atoms. The van der Waals surface area contributed by atoms with Crippen LogP contribution in [-0.2, 0) is 20.6 Å². The highest BCUT2D eigenvalue weighted by Gasteiger charge is 2.24. The lowest BCUT2D eigenvalue weighted by molar-refractivity contribution is -0.0824. The van der Waals surface area contributed by atoms with Gasteiger partial charge in [0, 0.05) is 0 Å². The van der Waals surface area contributed by atoms with Gasteiger partial charge < -0.3 is 14.2 Å². The average Bonchev–Trinajstić information content (AvgIpc) is 2.80. The summed E-state index contributed by atoms with van der Waals surface area (Å²) in [6.07, 6.45) is 5.48. The first-order valence-electron chi connectivity index (χ1n) is 11.5. The molecule has 0 amide bonds. The molecule has 3 nitrogen and oxygen atoms in total. The van der Waals surface area contributed by atoms with Crippen molar-refractivity contribution in [2.75, 3.05) is 20.3 Å². The van der Waals surface area contributed by atoms with Crippen LogP contribution in [0.15, 0.2) is 47.3 Å². The van der Waals surface area contributed by atoms with E-state index in [9.17, 15) is 8.78 Å². The van der Waals surface area contributed by atoms with E-state index >= 15 is 0 Å². The summed E-state index contributed by atoms with van der Waals surface area (Å²) >= 11 is 0. The summed E-state index contributed by atoms with van der Waals surface area (Å²) in [4.78, 5) is 0. The van der Waals surface area contributed by atoms with Gasteiger partial charge in [-0.2, -0.15) is 0 Å². The van der Waals surface area contributed by atoms with Crippen LogP contribution in [0.3, 0.4) is 0 Å². The number of rotatable bonds is 9. The Balaban J connectivity index is 0.00000151. The Hall–Kier alpha value is -1.72. The molecule has 176 valence electrons. The summed E-state index contributed by atoms with van der Waals surface area (Å²) in [5.41, 5.74) is 2.82. The summed E-state index contributed by atoms with van der Waals surface area (Å²) in [6, 6.07) is 8.60. The van der Waals surface area contributed by atoms with Crippen LogP contribution in [-0.4, -0.2) is 26.4 Å². The third-order valence-corrected chi connectivity index (χ3v) is 5.16. The molecular weight excluding hydrogens is 398 g/mol. The van der Waals surface area contributed by atoms with E-state index in [4.69, 9.17) is 14.2 Å². The quantitative estimate of drug-likeness (QED) is 0.291. The molecule has 2 unspecified atom stereocenters. The highest BCUT2D eigenvalue weighted by atomic mass is 19.2. The maximum Gasteiger partial charge on any atom is 0.196 e. The molecule has 0 aliphatic carbocycles. The van der Waals surface area contributed by atoms with Crippen LogP contribution < -0.4 is 0 Å². The van der Waals surface area contributed by atoms with Gasteiger partial charge in [0.25, 0.3) is 0 Å². The van der Waals surface area contributed by atoms with Crippen molar-refractivity contribution in [3.63, 3.8) is 0 Å². The standard InChI is InChI=1S/C23H32F2O3.C3H8/c1-5-7-17-8-10-19(11-9-17)21-13-12-20(15-28-21)27-14-18(6-2)23(25)22(24)16(3)26-4;1-3-2/h8-11,20-21H,5-7,12-15H2,1-4H3;3H2,1-2H3/b22-16-,23-18-;. The van der Waals surface area contributed by atoms with Gasteiger partial charge in [0.1, 0.15) is 5.76 Å². The van der Waals surface area contributed by atoms with Gasteiger partial charge in [0.2, 0.25) is 0 Å². The van der Waals surface area contributed by atoms with Crippen LogP contribution in [0.1, 0.15) is 84.0 Å². The second kappa shape index (κ2) is 15.1. The van der Waals surface area contributed by atoms with Gasteiger partial charge >= 0.3 is 0 Å². The highest BCUT2D eigenvalue weighted by Crippen LogP contribution is 2.30. The van der Waals surface area contributed by atoms with Gasteiger partial charge in [-0.3, -0.25) is 0 Å². The van der Waals surface area contributed by atoms with E-state index in [0.29, 0.717) is 18.6 Å². The molecule has 0 spiro atoms. The predicted molar refractivity (Wildman–Crippen MR) is 123 cm³/mol. The van der Waals surface area contributed by atoms with Crippen LogP contribution in [0.2, 0.25) is 0 Å². The van der Waals surface area contributed by atoms with Gasteiger partial charge in [0.15, 0.2) is 11.7 Å². The fourth-order valence-electron chi connectivity index (χ4n) is 3.25. The number of ether oxygens (including phenoxy) is 3. The summed E-state index contributed by atoms with van der Waals surface area (Å²) in [6.45, 7) is 10.1. The molecule has 0 saturated carbocycles. The molecule has 0 N–H and O–H groups in total. The molecule has 1 aliphatic rings. The lowest BCUT2D eigenvalue weighted by Gasteiger charge is -2.29. The van der Waals surface area contributed by atoms with Crippen molar-refractivity contribution in [2.45, 2.75) is 85.4 Å². The molecule has 1 heterocycles. The number of benzene rings is 1. The normalized spacial score (nSPS) is 20.3. The fourth-order valence-corrected chi connectivity index (χ4v) is 3.25. The summed E-state index contributed by atoms with van der Waals surface area (Å²) in [5.74, 6) is -1.92. The van der Waals surface area contributed by atoms with E-state index < -0.39 is 11.7 Å². The molecule has 5 heteroatoms. The second-order valence-electron chi connectivity index (χ2n) is 7.88. The van der Waals surface area contributed by atoms with Crippen molar-refractivity contribution >= 4 is 0 Å². The monoisotopic (exact) mass is 438 g/mol. The van der Waals surface area contributed by atoms with Crippen molar-refractivity contribution in [3.05, 3.63) is 58.4 Å². The molecule has 2 atom stereocenters. The van der Waals surface area contributed by atoms with Gasteiger partial charge in [-0.15, -0.1) is 0 Å². The maximum atomic E-state index is 14.3. The Bertz CT molecular complexity index is 687. The van der Waals surface area contributed by atoms with Crippen molar-refractivity contribution in [2.24, 2.45) is 0 Å². The summed E-state index contributed by atoms with van der Waals surface area (Å²) in [7, 11) is 1.32. The van der Waals surface area contributed by atoms with Crippen LogP contribution in [0.4, 0.5) is 8.78 Å². The van der Waals surface area contributed by atoms with Crippen molar-refractivity contribution < 1.29 is 23.0 Å². The predicted octanol–water partition coefficient (Wildman–Crippen LogP) is 7.77. The van der Waals surface area contributed by atoms with E-state index in [1.165, 1.54) is 31.6 Å². The van der Waals surface area contributed by atoms with Crippen molar-refractivity contribution in [1.82, 2.24) is 0 Å². The number of hydrogen-bond donors (Lipinski definition) is 0. The van der Waals surface area contributed by atoms with Gasteiger partial charge in [0.05, 0.1) is 32.5 Å². The third kappa shape index (κ3) is 9.12. The van der Waals surface area contributed by atoms with Gasteiger partial charge in [-0.1, -0.05) is 64.8 Å². The smallest absolute Gasteiger partial charge is 0.196 e. The first kappa shape index (κ1) is 27.3. The van der Waals surface area contributed by atoms with E-state index in [0.717, 1.165) is 25.7 Å². The van der Waals surface area contributed by atoms with Crippen molar-refractivity contribution in [1.29, 1.82) is 0 Å². The molecule has 2 rings (SSSR count). The van der Waals surface area contributed by atoms with E-state index in [-0.39, 0.29) is 24.6 Å². The summed E-state index contributed by atoms with van der Waals surface area (Å²) in [5, 5.41) is 0. The molecule has 1 aliphatic heterocycles. The van der Waals surface area contributed by atoms with Gasteiger partial charge in [-0.25, -0.2) is 8.78 Å². The lowest BCUT2D eigenvalue weighted by atomic mass is 9.98. The molecule has 1 aromatic carbocycles. The lowest BCUT2D eigenvalue weighted by Crippen LogP contribution is -2.28. The number of halogens is 2. The Morgan fingerprint density at radius 1 is 1.03 bits per heavy atom. The zero-order valence-electron chi connectivity index (χ0n) is 20.1. The number of allylic oxidation sites excluding steroid dienone is 3. The minimum Gasteiger partial charge on any atom is -0.498 e. The van der Waals surface area contributed by atoms with E-state index in [2.05, 4.69) is 45.0 Å². The highest BCUT2D eigenvalue weighted by molar-refractivity contribution is 5.27. The minimum absolute atomic E-state index is 0.0527. The Morgan fingerprint density at radius 2 is 1.68 bits per heavy atom. The minimum atomic E-state index is -0.963. The van der Waals surface area contributed by atoms with E-state index in [1.54, 1.807) is 6.92 Å². The molecular formula is C26H40F2O3. The Kier molecular flexibility index (Phi) is 13.3. The SMILES string of the molecule is CCC.CCCc1ccc(C2CCC(OC/C(CC)=C(F)/C(F)=C(\C)OC)CO2)cc1. The molecule has 0 aromatic heterocycles. The third-order valence-electron chi connectivity index (χ3n) is 5.16. The zero-order valence-corrected chi connectivity index (χ0v) is 20.1. The van der Waals surface area contributed by atoms with Crippen LogP contribution in [0.5, 0.6) is 0 Å². The first-order chi connectivity index (χ1) is 14.9. The average molecular weight is 439 g/mol. The Labute approximate surface area is 187 Å². The van der Waals surface area contributed by atoms with Crippen LogP contribution >= 0.6 is 0 Å². The Morgan fingerprint density at radius 3 is 2.16 bits per heavy atom. The topological polar surface area (TPSA) is 27.7 Å². The van der Waals surface area contributed by atoms with Crippen molar-refractivity contribution in [3.8, 4) is 0 Å². The van der Waals surface area contributed by atoms with E-state index in [1.807, 2.05) is 0 Å². The zero-order chi connectivity index (χ0) is 23.2.